The van der Waals surface area contributed by atoms with Gasteiger partial charge in [-0.1, -0.05) is 31.4 Å². The molecule has 6 heteroatoms. The molecule has 0 bridgehead atoms. The highest BCUT2D eigenvalue weighted by Crippen LogP contribution is 2.36. The van der Waals surface area contributed by atoms with Crippen LogP contribution in [0.1, 0.15) is 49.3 Å². The van der Waals surface area contributed by atoms with Crippen LogP contribution >= 0.6 is 0 Å². The minimum absolute atomic E-state index is 0.0808. The molecule has 1 aliphatic rings. The minimum atomic E-state index is -4.77. The summed E-state index contributed by atoms with van der Waals surface area (Å²) in [6.45, 7) is 0. The molecule has 0 aliphatic heterocycles. The van der Waals surface area contributed by atoms with Crippen molar-refractivity contribution >= 4 is 0 Å². The van der Waals surface area contributed by atoms with Crippen molar-refractivity contribution in [3.8, 4) is 0 Å². The van der Waals surface area contributed by atoms with Crippen LogP contribution in [0.25, 0.3) is 0 Å². The lowest BCUT2D eigenvalue weighted by Crippen LogP contribution is -2.35. The van der Waals surface area contributed by atoms with Crippen LogP contribution in [-0.4, -0.2) is 11.2 Å². The summed E-state index contributed by atoms with van der Waals surface area (Å²) in [5, 5.41) is 10.2. The van der Waals surface area contributed by atoms with Crippen molar-refractivity contribution in [3.05, 3.63) is 35.1 Å². The first kappa shape index (κ1) is 16.2. The summed E-state index contributed by atoms with van der Waals surface area (Å²) < 4.78 is 52.1. The Morgan fingerprint density at radius 2 is 1.76 bits per heavy atom. The molecule has 118 valence electrons. The van der Waals surface area contributed by atoms with E-state index < -0.39 is 29.7 Å². The predicted octanol–water partition coefficient (Wildman–Crippen LogP) is 3.79. The number of hydrogen-bond acceptors (Lipinski definition) is 2. The summed E-state index contributed by atoms with van der Waals surface area (Å²) in [7, 11) is 0. The first-order chi connectivity index (χ1) is 9.82. The number of alkyl halides is 3. The quantitative estimate of drug-likeness (QED) is 0.835. The Kier molecular flexibility index (Phi) is 4.88. The van der Waals surface area contributed by atoms with Crippen molar-refractivity contribution in [1.82, 2.24) is 0 Å². The lowest BCUT2D eigenvalue weighted by Gasteiger charge is -2.31. The van der Waals surface area contributed by atoms with Gasteiger partial charge in [-0.2, -0.15) is 13.2 Å². The van der Waals surface area contributed by atoms with Crippen molar-refractivity contribution in [3.63, 3.8) is 0 Å². The Hall–Kier alpha value is -1.14. The third-order valence-corrected chi connectivity index (χ3v) is 4.19. The number of hydrogen-bond donors (Lipinski definition) is 2. The maximum absolute atomic E-state index is 14.0. The van der Waals surface area contributed by atoms with E-state index in [1.807, 2.05) is 0 Å². The topological polar surface area (TPSA) is 46.2 Å². The van der Waals surface area contributed by atoms with E-state index >= 15 is 0 Å². The van der Waals surface area contributed by atoms with Crippen LogP contribution in [0.15, 0.2) is 18.2 Å². The summed E-state index contributed by atoms with van der Waals surface area (Å²) in [5.41, 5.74) is 4.21. The fraction of sp³-hybridized carbons (Fsp3) is 0.600. The molecule has 1 fully saturated rings. The van der Waals surface area contributed by atoms with Crippen LogP contribution in [0.5, 0.6) is 0 Å². The lowest BCUT2D eigenvalue weighted by atomic mass is 9.81. The Bertz CT molecular complexity index is 483. The molecule has 1 aliphatic carbocycles. The summed E-state index contributed by atoms with van der Waals surface area (Å²) in [6.07, 6.45) is -1.25. The molecule has 0 amide bonds. The van der Waals surface area contributed by atoms with Gasteiger partial charge in [0.1, 0.15) is 5.82 Å². The van der Waals surface area contributed by atoms with Gasteiger partial charge in [0.2, 0.25) is 0 Å². The maximum atomic E-state index is 14.0. The van der Waals surface area contributed by atoms with Crippen LogP contribution in [-0.2, 0) is 6.18 Å². The molecule has 21 heavy (non-hydrogen) atoms. The molecule has 0 radical (unpaired) electrons. The van der Waals surface area contributed by atoms with Gasteiger partial charge in [0.25, 0.3) is 0 Å². The largest absolute Gasteiger partial charge is 0.419 e. The Labute approximate surface area is 121 Å². The predicted molar refractivity (Wildman–Crippen MR) is 70.9 cm³/mol. The molecule has 2 atom stereocenters. The third-order valence-electron chi connectivity index (χ3n) is 4.19. The average molecular weight is 305 g/mol. The van der Waals surface area contributed by atoms with E-state index in [4.69, 9.17) is 5.73 Å². The fourth-order valence-electron chi connectivity index (χ4n) is 2.98. The van der Waals surface area contributed by atoms with Crippen LogP contribution in [0.3, 0.4) is 0 Å². The molecule has 1 saturated carbocycles. The summed E-state index contributed by atoms with van der Waals surface area (Å²) >= 11 is 0. The van der Waals surface area contributed by atoms with Gasteiger partial charge in [-0.05, 0) is 24.8 Å². The van der Waals surface area contributed by atoms with Gasteiger partial charge in [-0.15, -0.1) is 0 Å². The molecule has 2 nitrogen and oxygen atoms in total. The highest BCUT2D eigenvalue weighted by atomic mass is 19.4. The van der Waals surface area contributed by atoms with E-state index in [1.165, 1.54) is 6.07 Å². The summed E-state index contributed by atoms with van der Waals surface area (Å²) in [4.78, 5) is 0. The van der Waals surface area contributed by atoms with E-state index in [9.17, 15) is 22.7 Å². The van der Waals surface area contributed by atoms with Gasteiger partial charge >= 0.3 is 6.18 Å². The molecule has 2 rings (SSSR count). The van der Waals surface area contributed by atoms with Crippen molar-refractivity contribution in [1.29, 1.82) is 0 Å². The normalized spacial score (nSPS) is 20.3. The van der Waals surface area contributed by atoms with Gasteiger partial charge in [0.15, 0.2) is 0 Å². The standard InChI is InChI=1S/C15H19F4NO/c16-12-10(7-4-8-11(12)15(17,18)19)13(20)14(21)9-5-2-1-3-6-9/h4,7-9,13-14,21H,1-3,5-6,20H2/t13-,14+/m0/s1. The Morgan fingerprint density at radius 3 is 2.33 bits per heavy atom. The second-order valence-electron chi connectivity index (χ2n) is 5.62. The highest BCUT2D eigenvalue weighted by molar-refractivity contribution is 5.31. The Morgan fingerprint density at radius 1 is 1.14 bits per heavy atom. The second kappa shape index (κ2) is 6.32. The zero-order chi connectivity index (χ0) is 15.6. The molecule has 1 aromatic rings. The summed E-state index contributed by atoms with van der Waals surface area (Å²) in [6, 6.07) is 1.87. The third kappa shape index (κ3) is 3.55. The molecule has 0 heterocycles. The molecule has 0 saturated heterocycles. The molecule has 3 N–H and O–H groups in total. The zero-order valence-electron chi connectivity index (χ0n) is 11.5. The summed E-state index contributed by atoms with van der Waals surface area (Å²) in [5.74, 6) is -1.46. The van der Waals surface area contributed by atoms with Crippen LogP contribution in [0.4, 0.5) is 17.6 Å². The lowest BCUT2D eigenvalue weighted by molar-refractivity contribution is -0.140. The van der Waals surface area contributed by atoms with Gasteiger partial charge in [0, 0.05) is 5.56 Å². The van der Waals surface area contributed by atoms with Gasteiger partial charge in [-0.3, -0.25) is 0 Å². The number of benzene rings is 1. The first-order valence-electron chi connectivity index (χ1n) is 7.11. The number of aliphatic hydroxyl groups excluding tert-OH is 1. The fourth-order valence-corrected chi connectivity index (χ4v) is 2.98. The maximum Gasteiger partial charge on any atom is 0.419 e. The van der Waals surface area contributed by atoms with Crippen LogP contribution < -0.4 is 5.73 Å². The SMILES string of the molecule is N[C@@H](c1cccc(C(F)(F)F)c1F)[C@H](O)C1CCCCC1. The van der Waals surface area contributed by atoms with Crippen LogP contribution in [0, 0.1) is 11.7 Å². The molecule has 0 unspecified atom stereocenters. The number of aliphatic hydroxyl groups is 1. The average Bonchev–Trinajstić information content (AvgIpc) is 2.45. The van der Waals surface area contributed by atoms with Crippen molar-refractivity contribution in [2.45, 2.75) is 50.4 Å². The van der Waals surface area contributed by atoms with E-state index in [2.05, 4.69) is 0 Å². The number of rotatable bonds is 3. The van der Waals surface area contributed by atoms with E-state index in [0.29, 0.717) is 6.07 Å². The van der Waals surface area contributed by atoms with E-state index in [-0.39, 0.29) is 11.5 Å². The molecular formula is C15H19F4NO. The second-order valence-corrected chi connectivity index (χ2v) is 5.62. The Balaban J connectivity index is 2.24. The van der Waals surface area contributed by atoms with Crippen molar-refractivity contribution in [2.24, 2.45) is 11.7 Å². The van der Waals surface area contributed by atoms with Gasteiger partial charge < -0.3 is 10.8 Å². The molecule has 1 aromatic carbocycles. The van der Waals surface area contributed by atoms with Crippen molar-refractivity contribution in [2.75, 3.05) is 0 Å². The zero-order valence-corrected chi connectivity index (χ0v) is 11.5. The van der Waals surface area contributed by atoms with Gasteiger partial charge in [-0.25, -0.2) is 4.39 Å². The first-order valence-corrected chi connectivity index (χ1v) is 7.11. The molecule has 0 spiro atoms. The molecular weight excluding hydrogens is 286 g/mol. The van der Waals surface area contributed by atoms with E-state index in [1.54, 1.807) is 0 Å². The molecule has 0 aromatic heterocycles. The van der Waals surface area contributed by atoms with Gasteiger partial charge in [0.05, 0.1) is 17.7 Å². The van der Waals surface area contributed by atoms with Crippen molar-refractivity contribution < 1.29 is 22.7 Å². The van der Waals surface area contributed by atoms with Crippen LogP contribution in [0.2, 0.25) is 0 Å². The number of halogens is 4. The van der Waals surface area contributed by atoms with E-state index in [0.717, 1.165) is 38.2 Å². The highest BCUT2D eigenvalue weighted by Gasteiger charge is 2.37. The smallest absolute Gasteiger partial charge is 0.391 e. The minimum Gasteiger partial charge on any atom is -0.391 e. The number of nitrogens with two attached hydrogens (primary N) is 1. The monoisotopic (exact) mass is 305 g/mol.